The predicted octanol–water partition coefficient (Wildman–Crippen LogP) is 7.10. The Kier molecular flexibility index (Phi) is 15.3. The smallest absolute Gasteiger partial charge is 0.183 e. The van der Waals surface area contributed by atoms with Crippen molar-refractivity contribution in [3.05, 3.63) is 71.7 Å². The summed E-state index contributed by atoms with van der Waals surface area (Å²) < 4.78 is 24.2. The van der Waals surface area contributed by atoms with Gasteiger partial charge in [0.15, 0.2) is 11.6 Å². The molecule has 0 spiro atoms. The first-order chi connectivity index (χ1) is 22.6. The molecule has 0 bridgehead atoms. The van der Waals surface area contributed by atoms with E-state index in [1.54, 1.807) is 0 Å². The molecule has 0 atom stereocenters. The molecule has 0 amide bonds. The molecule has 0 unspecified atom stereocenters. The summed E-state index contributed by atoms with van der Waals surface area (Å²) >= 11 is 0. The first kappa shape index (κ1) is 37.6. The summed E-state index contributed by atoms with van der Waals surface area (Å²) in [5.74, 6) is 4.58. The average Bonchev–Trinajstić information content (AvgIpc) is 3.10. The maximum Gasteiger partial charge on any atom is 0.183 e. The van der Waals surface area contributed by atoms with Crippen LogP contribution in [0.5, 0.6) is 0 Å². The van der Waals surface area contributed by atoms with E-state index in [1.807, 2.05) is 70.0 Å². The number of aryl methyl sites for hydroxylation is 1. The summed E-state index contributed by atoms with van der Waals surface area (Å²) in [5, 5.41) is 1.15. The van der Waals surface area contributed by atoms with Gasteiger partial charge in [-0.1, -0.05) is 73.6 Å². The summed E-state index contributed by atoms with van der Waals surface area (Å²) in [5.41, 5.74) is 2.11. The zero-order chi connectivity index (χ0) is 34.3. The number of aromatic nitrogens is 6. The maximum absolute atomic E-state index is 13.6. The van der Waals surface area contributed by atoms with Crippen LogP contribution in [0.15, 0.2) is 42.7 Å². The number of para-hydroxylation sites is 1. The van der Waals surface area contributed by atoms with Crippen molar-refractivity contribution < 1.29 is 13.9 Å². The van der Waals surface area contributed by atoms with Gasteiger partial charge in [0.25, 0.3) is 0 Å². The Morgan fingerprint density at radius 2 is 1.21 bits per heavy atom. The van der Waals surface area contributed by atoms with E-state index >= 15 is 0 Å². The molecule has 2 saturated heterocycles. The Morgan fingerprint density at radius 3 is 1.81 bits per heavy atom. The summed E-state index contributed by atoms with van der Waals surface area (Å²) in [6.07, 6.45) is 3.10. The molecule has 5 heterocycles. The topological polar surface area (TPSA) is 102 Å². The highest BCUT2D eigenvalue weighted by Gasteiger charge is 2.18. The summed E-state index contributed by atoms with van der Waals surface area (Å²) in [7, 11) is 0. The van der Waals surface area contributed by atoms with Crippen molar-refractivity contribution in [3.63, 3.8) is 0 Å². The van der Waals surface area contributed by atoms with Crippen LogP contribution in [0, 0.1) is 12.7 Å². The lowest BCUT2D eigenvalue weighted by Gasteiger charge is -2.28. The largest absolute Gasteiger partial charge is 0.378 e. The van der Waals surface area contributed by atoms with E-state index in [9.17, 15) is 4.39 Å². The number of morpholine rings is 2. The van der Waals surface area contributed by atoms with Gasteiger partial charge in [0, 0.05) is 61.2 Å². The number of halogens is 1. The zero-order valence-electron chi connectivity index (χ0n) is 29.7. The summed E-state index contributed by atoms with van der Waals surface area (Å²) in [6.45, 7) is 24.5. The van der Waals surface area contributed by atoms with Gasteiger partial charge in [0.2, 0.25) is 0 Å². The van der Waals surface area contributed by atoms with Crippen LogP contribution < -0.4 is 9.80 Å². The molecule has 0 N–H and O–H groups in total. The van der Waals surface area contributed by atoms with Crippen molar-refractivity contribution in [1.29, 1.82) is 0 Å². The van der Waals surface area contributed by atoms with E-state index in [4.69, 9.17) is 9.47 Å². The second kappa shape index (κ2) is 19.1. The highest BCUT2D eigenvalue weighted by atomic mass is 19.1. The van der Waals surface area contributed by atoms with Crippen molar-refractivity contribution in [1.82, 2.24) is 29.9 Å². The number of hydrogen-bond donors (Lipinski definition) is 0. The fraction of sp³-hybridized carbons (Fsp3) is 0.556. The lowest BCUT2D eigenvalue weighted by molar-refractivity contribution is 0.122. The number of ether oxygens (including phenoxy) is 2. The number of hydrogen-bond acceptors (Lipinski definition) is 10. The Bertz CT molecular complexity index is 1510. The fourth-order valence-corrected chi connectivity index (χ4v) is 4.77. The van der Waals surface area contributed by atoms with E-state index < -0.39 is 0 Å². The van der Waals surface area contributed by atoms with Crippen molar-refractivity contribution in [3.8, 4) is 0 Å². The lowest BCUT2D eigenvalue weighted by Crippen LogP contribution is -2.37. The molecule has 2 fully saturated rings. The number of anilines is 2. The molecule has 2 aliphatic rings. The third kappa shape index (κ3) is 11.1. The lowest BCUT2D eigenvalue weighted by atomic mass is 10.1. The molecule has 10 nitrogen and oxygen atoms in total. The van der Waals surface area contributed by atoms with Crippen molar-refractivity contribution in [2.45, 2.75) is 80.1 Å². The van der Waals surface area contributed by atoms with Gasteiger partial charge < -0.3 is 19.3 Å². The number of nitrogens with zero attached hydrogens (tertiary/aromatic N) is 8. The number of rotatable bonds is 5. The summed E-state index contributed by atoms with van der Waals surface area (Å²) in [6, 6.07) is 10.1. The molecular formula is C36H53FN8O2. The fourth-order valence-electron chi connectivity index (χ4n) is 4.77. The van der Waals surface area contributed by atoms with E-state index in [0.717, 1.165) is 60.4 Å². The Labute approximate surface area is 280 Å². The molecule has 0 radical (unpaired) electrons. The molecule has 2 aliphatic heterocycles. The maximum atomic E-state index is 13.6. The normalized spacial score (nSPS) is 14.7. The van der Waals surface area contributed by atoms with Crippen LogP contribution in [0.3, 0.4) is 0 Å². The van der Waals surface area contributed by atoms with Gasteiger partial charge >= 0.3 is 0 Å². The minimum Gasteiger partial charge on any atom is -0.378 e. The van der Waals surface area contributed by atoms with Crippen LogP contribution in [-0.4, -0.2) is 82.5 Å². The van der Waals surface area contributed by atoms with Crippen LogP contribution in [0.2, 0.25) is 0 Å². The van der Waals surface area contributed by atoms with Crippen LogP contribution in [0.1, 0.15) is 96.3 Å². The molecule has 6 rings (SSSR count). The zero-order valence-corrected chi connectivity index (χ0v) is 29.7. The third-order valence-electron chi connectivity index (χ3n) is 7.41. The molecule has 47 heavy (non-hydrogen) atoms. The molecule has 0 saturated carbocycles. The monoisotopic (exact) mass is 648 g/mol. The molecule has 4 aromatic rings. The van der Waals surface area contributed by atoms with Gasteiger partial charge in [-0.25, -0.2) is 34.3 Å². The molecule has 256 valence electrons. The van der Waals surface area contributed by atoms with Gasteiger partial charge in [-0.3, -0.25) is 0 Å². The first-order valence-corrected chi connectivity index (χ1v) is 16.9. The first-order valence-electron chi connectivity index (χ1n) is 16.9. The minimum atomic E-state index is -0.355. The van der Waals surface area contributed by atoms with E-state index in [1.165, 1.54) is 6.20 Å². The third-order valence-corrected chi connectivity index (χ3v) is 7.41. The quantitative estimate of drug-likeness (QED) is 0.223. The van der Waals surface area contributed by atoms with Crippen molar-refractivity contribution >= 4 is 22.5 Å². The van der Waals surface area contributed by atoms with Gasteiger partial charge in [-0.15, -0.1) is 0 Å². The molecule has 3 aromatic heterocycles. The Balaban J connectivity index is 0.000000187. The van der Waals surface area contributed by atoms with Gasteiger partial charge in [0.05, 0.1) is 38.1 Å². The van der Waals surface area contributed by atoms with Gasteiger partial charge in [0.1, 0.15) is 23.3 Å². The van der Waals surface area contributed by atoms with Crippen LogP contribution in [0.4, 0.5) is 16.0 Å². The highest BCUT2D eigenvalue weighted by Crippen LogP contribution is 2.20. The average molecular weight is 649 g/mol. The highest BCUT2D eigenvalue weighted by molar-refractivity contribution is 5.80. The molecule has 1 aromatic carbocycles. The standard InChI is InChI=1S/C12H14N2.C11H16FN3O.C11H17N3O.C2H6/c1-8(2)12-13-9(3)10-6-4-5-7-11(10)14-12;1-8(2)10-13-7-9(12)11(14-10)15-3-5-16-6-4-15;1-9(2)11-12-4-3-10(13-11)14-5-7-15-8-6-14;1-2/h4-8H,1-3H3;7-8H,3-6H2,1-2H3;3-4,9H,5-8H2,1-2H3;1-2H3. The number of benzene rings is 1. The van der Waals surface area contributed by atoms with Crippen molar-refractivity contribution in [2.24, 2.45) is 0 Å². The van der Waals surface area contributed by atoms with Crippen molar-refractivity contribution in [2.75, 3.05) is 62.4 Å². The van der Waals surface area contributed by atoms with Crippen LogP contribution >= 0.6 is 0 Å². The molecular weight excluding hydrogens is 595 g/mol. The molecule has 0 aliphatic carbocycles. The van der Waals surface area contributed by atoms with E-state index in [0.29, 0.717) is 49.8 Å². The van der Waals surface area contributed by atoms with E-state index in [2.05, 4.69) is 68.6 Å². The Morgan fingerprint density at radius 1 is 0.660 bits per heavy atom. The van der Waals surface area contributed by atoms with Gasteiger partial charge in [-0.05, 0) is 19.1 Å². The van der Waals surface area contributed by atoms with Gasteiger partial charge in [-0.2, -0.15) is 0 Å². The SMILES string of the molecule is CC.CC(C)c1ncc(F)c(N2CCOCC2)n1.CC(C)c1nccc(N2CCOCC2)n1.Cc1nc(C(C)C)nc2ccccc12. The Hall–Kier alpha value is -3.83. The molecule has 11 heteroatoms. The second-order valence-electron chi connectivity index (χ2n) is 12.0. The van der Waals surface area contributed by atoms with E-state index in [-0.39, 0.29) is 11.7 Å². The summed E-state index contributed by atoms with van der Waals surface area (Å²) in [4.78, 5) is 30.3. The minimum absolute atomic E-state index is 0.209. The second-order valence-corrected chi connectivity index (χ2v) is 12.0. The van der Waals surface area contributed by atoms with Crippen LogP contribution in [0.25, 0.3) is 10.9 Å². The predicted molar refractivity (Wildman–Crippen MR) is 188 cm³/mol. The van der Waals surface area contributed by atoms with Crippen LogP contribution in [-0.2, 0) is 9.47 Å². The number of fused-ring (bicyclic) bond motifs is 1.